The number of carbonyl (C=O) groups excluding carboxylic acids is 1. The van der Waals surface area contributed by atoms with Crippen LogP contribution < -0.4 is 5.32 Å². The zero-order chi connectivity index (χ0) is 16.0. The predicted octanol–water partition coefficient (Wildman–Crippen LogP) is 0.139. The molecule has 2 heterocycles. The number of hydrogen-bond acceptors (Lipinski definition) is 6. The molecular weight excluding hydrogens is 284 g/mol. The van der Waals surface area contributed by atoms with Crippen molar-refractivity contribution >= 4 is 5.91 Å². The Morgan fingerprint density at radius 2 is 2.41 bits per heavy atom. The fourth-order valence-corrected chi connectivity index (χ4v) is 2.62. The quantitative estimate of drug-likeness (QED) is 0.834. The van der Waals surface area contributed by atoms with Crippen molar-refractivity contribution in [1.29, 1.82) is 0 Å². The number of aromatic nitrogens is 2. The Hall–Kier alpha value is -1.57. The molecule has 1 fully saturated rings. The highest BCUT2D eigenvalue weighted by Gasteiger charge is 2.37. The van der Waals surface area contributed by atoms with Crippen molar-refractivity contribution in [2.45, 2.75) is 25.5 Å². The van der Waals surface area contributed by atoms with Crippen LogP contribution in [0.2, 0.25) is 0 Å². The highest BCUT2D eigenvalue weighted by molar-refractivity contribution is 5.76. The average molecular weight is 308 g/mol. The molecule has 122 valence electrons. The molecule has 2 rings (SSSR count). The third-order valence-electron chi connectivity index (χ3n) is 3.84. The van der Waals surface area contributed by atoms with Crippen molar-refractivity contribution < 1.29 is 14.3 Å². The van der Waals surface area contributed by atoms with Crippen molar-refractivity contribution in [3.05, 3.63) is 23.8 Å². The van der Waals surface area contributed by atoms with E-state index in [1.165, 1.54) is 0 Å². The second-order valence-electron chi connectivity index (χ2n) is 5.60. The summed E-state index contributed by atoms with van der Waals surface area (Å²) < 4.78 is 11.3. The first kappa shape index (κ1) is 16.8. The van der Waals surface area contributed by atoms with Crippen LogP contribution in [-0.4, -0.2) is 66.8 Å². The van der Waals surface area contributed by atoms with Gasteiger partial charge in [0.25, 0.3) is 0 Å². The predicted molar refractivity (Wildman–Crippen MR) is 81.3 cm³/mol. The van der Waals surface area contributed by atoms with Crippen molar-refractivity contribution in [2.75, 3.05) is 40.5 Å². The van der Waals surface area contributed by atoms with Gasteiger partial charge in [0.05, 0.1) is 25.3 Å². The second-order valence-corrected chi connectivity index (χ2v) is 5.60. The van der Waals surface area contributed by atoms with Gasteiger partial charge in [-0.3, -0.25) is 9.69 Å². The monoisotopic (exact) mass is 308 g/mol. The minimum absolute atomic E-state index is 0.0508. The summed E-state index contributed by atoms with van der Waals surface area (Å²) in [5.41, 5.74) is 0.331. The van der Waals surface area contributed by atoms with Gasteiger partial charge in [-0.15, -0.1) is 0 Å². The minimum Gasteiger partial charge on any atom is -0.377 e. The lowest BCUT2D eigenvalue weighted by atomic mass is 9.99. The lowest BCUT2D eigenvalue weighted by molar-refractivity contribution is -0.132. The minimum atomic E-state index is -0.626. The lowest BCUT2D eigenvalue weighted by Crippen LogP contribution is -2.48. The third-order valence-corrected chi connectivity index (χ3v) is 3.84. The number of rotatable bonds is 5. The Kier molecular flexibility index (Phi) is 5.82. The molecule has 1 aromatic rings. The summed E-state index contributed by atoms with van der Waals surface area (Å²) in [5, 5.41) is 2.65. The zero-order valence-corrected chi connectivity index (χ0v) is 13.5. The van der Waals surface area contributed by atoms with Gasteiger partial charge in [0.2, 0.25) is 5.91 Å². The summed E-state index contributed by atoms with van der Waals surface area (Å²) in [7, 11) is 3.26. The molecule has 0 unspecified atom stereocenters. The molecule has 1 aliphatic rings. The smallest absolute Gasteiger partial charge is 0.222 e. The molecule has 1 atom stereocenters. The highest BCUT2D eigenvalue weighted by Crippen LogP contribution is 2.21. The van der Waals surface area contributed by atoms with Crippen molar-refractivity contribution in [2.24, 2.45) is 0 Å². The van der Waals surface area contributed by atoms with Gasteiger partial charge in [-0.05, 0) is 13.0 Å². The number of nitrogens with zero attached hydrogens (tertiary/aromatic N) is 3. The van der Waals surface area contributed by atoms with Crippen molar-refractivity contribution in [1.82, 2.24) is 20.2 Å². The van der Waals surface area contributed by atoms with E-state index in [9.17, 15) is 4.79 Å². The number of aryl methyl sites for hydroxylation is 1. The molecular formula is C15H24N4O3. The van der Waals surface area contributed by atoms with Crippen LogP contribution in [0.4, 0.5) is 0 Å². The molecule has 0 aliphatic carbocycles. The molecule has 0 radical (unpaired) electrons. The standard InChI is InChI=1S/C15H24N4O3/c1-12-17-5-4-13(18-12)9-19-6-7-22-11-15(10-19,21-3)8-14(20)16-2/h4-5H,6-11H2,1-3H3,(H,16,20)/t15-/m1/s1. The lowest BCUT2D eigenvalue weighted by Gasteiger charge is -2.33. The van der Waals surface area contributed by atoms with Crippen LogP contribution in [0.1, 0.15) is 17.9 Å². The van der Waals surface area contributed by atoms with E-state index in [4.69, 9.17) is 9.47 Å². The average Bonchev–Trinajstić information content (AvgIpc) is 2.70. The molecule has 7 heteroatoms. The van der Waals surface area contributed by atoms with Crippen molar-refractivity contribution in [3.8, 4) is 0 Å². The molecule has 1 amide bonds. The number of hydrogen-bond donors (Lipinski definition) is 1. The Morgan fingerprint density at radius 3 is 3.09 bits per heavy atom. The van der Waals surface area contributed by atoms with Crippen molar-refractivity contribution in [3.63, 3.8) is 0 Å². The summed E-state index contributed by atoms with van der Waals surface area (Å²) in [4.78, 5) is 22.5. The van der Waals surface area contributed by atoms with Gasteiger partial charge in [-0.25, -0.2) is 9.97 Å². The molecule has 0 aromatic carbocycles. The molecule has 1 aromatic heterocycles. The van der Waals surface area contributed by atoms with Gasteiger partial charge in [0, 0.05) is 40.0 Å². The summed E-state index contributed by atoms with van der Waals surface area (Å²) >= 11 is 0. The van der Waals surface area contributed by atoms with Gasteiger partial charge in [-0.2, -0.15) is 0 Å². The zero-order valence-electron chi connectivity index (χ0n) is 13.5. The molecule has 1 N–H and O–H groups in total. The van der Waals surface area contributed by atoms with E-state index in [0.29, 0.717) is 26.3 Å². The normalized spacial score (nSPS) is 23.0. The fraction of sp³-hybridized carbons (Fsp3) is 0.667. The molecule has 0 bridgehead atoms. The summed E-state index contributed by atoms with van der Waals surface area (Å²) in [5.74, 6) is 0.706. The highest BCUT2D eigenvalue weighted by atomic mass is 16.5. The maximum Gasteiger partial charge on any atom is 0.222 e. The summed E-state index contributed by atoms with van der Waals surface area (Å²) in [6.07, 6.45) is 2.04. The van der Waals surface area contributed by atoms with E-state index in [1.54, 1.807) is 20.4 Å². The number of ether oxygens (including phenoxy) is 2. The number of carbonyl (C=O) groups is 1. The molecule has 7 nitrogen and oxygen atoms in total. The Morgan fingerprint density at radius 1 is 1.59 bits per heavy atom. The Labute approximate surface area is 131 Å². The molecule has 1 aliphatic heterocycles. The Balaban J connectivity index is 2.09. The topological polar surface area (TPSA) is 76.6 Å². The van der Waals surface area contributed by atoms with Crippen LogP contribution in [0.3, 0.4) is 0 Å². The van der Waals surface area contributed by atoms with Crippen LogP contribution in [0.25, 0.3) is 0 Å². The third kappa shape index (κ3) is 4.46. The van der Waals surface area contributed by atoms with Gasteiger partial charge in [0.15, 0.2) is 0 Å². The number of amides is 1. The van der Waals surface area contributed by atoms with Crippen LogP contribution in [0.15, 0.2) is 12.3 Å². The van der Waals surface area contributed by atoms with E-state index in [0.717, 1.165) is 18.1 Å². The maximum atomic E-state index is 11.8. The molecule has 1 saturated heterocycles. The van der Waals surface area contributed by atoms with Crippen LogP contribution in [0, 0.1) is 6.92 Å². The van der Waals surface area contributed by atoms with Crippen LogP contribution in [-0.2, 0) is 20.8 Å². The Bertz CT molecular complexity index is 511. The van der Waals surface area contributed by atoms with Gasteiger partial charge in [0.1, 0.15) is 11.4 Å². The van der Waals surface area contributed by atoms with Crippen LogP contribution >= 0.6 is 0 Å². The SMILES string of the molecule is CNC(=O)C[C@]1(OC)COCCN(Cc2ccnc(C)n2)C1. The summed E-state index contributed by atoms with van der Waals surface area (Å²) in [6.45, 7) is 4.99. The first-order chi connectivity index (χ1) is 10.6. The first-order valence-electron chi connectivity index (χ1n) is 7.41. The van der Waals surface area contributed by atoms with E-state index < -0.39 is 5.60 Å². The van der Waals surface area contributed by atoms with E-state index in [-0.39, 0.29) is 12.3 Å². The van der Waals surface area contributed by atoms with E-state index >= 15 is 0 Å². The number of methoxy groups -OCH3 is 1. The fourth-order valence-electron chi connectivity index (χ4n) is 2.62. The van der Waals surface area contributed by atoms with Gasteiger partial charge >= 0.3 is 0 Å². The van der Waals surface area contributed by atoms with E-state index in [1.807, 2.05) is 13.0 Å². The van der Waals surface area contributed by atoms with Gasteiger partial charge in [-0.1, -0.05) is 0 Å². The van der Waals surface area contributed by atoms with Gasteiger partial charge < -0.3 is 14.8 Å². The first-order valence-corrected chi connectivity index (χ1v) is 7.41. The largest absolute Gasteiger partial charge is 0.377 e. The maximum absolute atomic E-state index is 11.8. The number of nitrogens with one attached hydrogen (secondary N) is 1. The molecule has 22 heavy (non-hydrogen) atoms. The molecule has 0 spiro atoms. The molecule has 0 saturated carbocycles. The van der Waals surface area contributed by atoms with Crippen LogP contribution in [0.5, 0.6) is 0 Å². The second kappa shape index (κ2) is 7.62. The van der Waals surface area contributed by atoms with E-state index in [2.05, 4.69) is 20.2 Å². The summed E-state index contributed by atoms with van der Waals surface area (Å²) in [6, 6.07) is 1.91.